The molecule has 0 fully saturated rings. The molecule has 0 aliphatic carbocycles. The van der Waals surface area contributed by atoms with Crippen molar-refractivity contribution in [2.75, 3.05) is 5.32 Å². The fraction of sp³-hybridized carbons (Fsp3) is 0.100. The van der Waals surface area contributed by atoms with Gasteiger partial charge in [-0.3, -0.25) is 4.79 Å². The van der Waals surface area contributed by atoms with Crippen molar-refractivity contribution in [2.24, 2.45) is 0 Å². The molecule has 1 N–H and O–H groups in total. The van der Waals surface area contributed by atoms with E-state index in [1.807, 2.05) is 74.5 Å². The Kier molecular flexibility index (Phi) is 5.49. The highest BCUT2D eigenvalue weighted by molar-refractivity contribution is 6.07. The van der Waals surface area contributed by atoms with Gasteiger partial charge in [0.2, 0.25) is 0 Å². The van der Waals surface area contributed by atoms with Gasteiger partial charge in [-0.25, -0.2) is 0 Å². The molecule has 0 heterocycles. The van der Waals surface area contributed by atoms with E-state index in [2.05, 4.69) is 5.32 Å². The number of hydrogen-bond acceptors (Lipinski definition) is 2. The van der Waals surface area contributed by atoms with Crippen molar-refractivity contribution < 1.29 is 4.79 Å². The SMILES string of the molecule is CC(/C=C(/C#N)C(=O)Nc1cccc(C)c1)=C\c1ccccc1. The van der Waals surface area contributed by atoms with E-state index >= 15 is 0 Å². The van der Waals surface area contributed by atoms with Crippen molar-refractivity contribution in [1.29, 1.82) is 5.26 Å². The minimum atomic E-state index is -0.404. The number of rotatable bonds is 4. The van der Waals surface area contributed by atoms with Crippen molar-refractivity contribution in [2.45, 2.75) is 13.8 Å². The molecule has 0 saturated heterocycles. The Morgan fingerprint density at radius 3 is 2.52 bits per heavy atom. The second-order valence-electron chi connectivity index (χ2n) is 5.29. The van der Waals surface area contributed by atoms with Gasteiger partial charge in [0.05, 0.1) is 0 Å². The molecule has 2 aromatic carbocycles. The summed E-state index contributed by atoms with van der Waals surface area (Å²) in [6.07, 6.45) is 3.52. The van der Waals surface area contributed by atoms with Crippen molar-refractivity contribution in [3.8, 4) is 6.07 Å². The molecule has 0 bridgehead atoms. The van der Waals surface area contributed by atoms with E-state index < -0.39 is 5.91 Å². The lowest BCUT2D eigenvalue weighted by Crippen LogP contribution is -2.13. The second-order valence-corrected chi connectivity index (χ2v) is 5.29. The van der Waals surface area contributed by atoms with Crippen LogP contribution >= 0.6 is 0 Å². The maximum absolute atomic E-state index is 12.2. The van der Waals surface area contributed by atoms with Gasteiger partial charge in [0.25, 0.3) is 5.91 Å². The number of nitriles is 1. The van der Waals surface area contributed by atoms with Crippen LogP contribution in [0.4, 0.5) is 5.69 Å². The molecule has 2 aromatic rings. The fourth-order valence-corrected chi connectivity index (χ4v) is 2.15. The first kappa shape index (κ1) is 16.3. The van der Waals surface area contributed by atoms with E-state index in [1.54, 1.807) is 12.1 Å². The van der Waals surface area contributed by atoms with Gasteiger partial charge in [-0.15, -0.1) is 0 Å². The summed E-state index contributed by atoms with van der Waals surface area (Å²) in [5, 5.41) is 12.0. The molecule has 3 nitrogen and oxygen atoms in total. The van der Waals surface area contributed by atoms with Crippen molar-refractivity contribution in [1.82, 2.24) is 0 Å². The van der Waals surface area contributed by atoms with E-state index in [0.717, 1.165) is 16.7 Å². The zero-order chi connectivity index (χ0) is 16.7. The second kappa shape index (κ2) is 7.77. The molecule has 114 valence electrons. The van der Waals surface area contributed by atoms with Gasteiger partial charge in [-0.05, 0) is 48.8 Å². The summed E-state index contributed by atoms with van der Waals surface area (Å²) >= 11 is 0. The molecule has 0 aliphatic rings. The van der Waals surface area contributed by atoms with Gasteiger partial charge in [-0.1, -0.05) is 48.5 Å². The molecule has 2 rings (SSSR count). The molecule has 0 saturated carbocycles. The summed E-state index contributed by atoms with van der Waals surface area (Å²) in [4.78, 5) is 12.2. The Hall–Kier alpha value is -3.12. The van der Waals surface area contributed by atoms with E-state index in [1.165, 1.54) is 0 Å². The predicted octanol–water partition coefficient (Wildman–Crippen LogP) is 4.49. The average Bonchev–Trinajstić information content (AvgIpc) is 2.53. The lowest BCUT2D eigenvalue weighted by molar-refractivity contribution is -0.112. The number of allylic oxidation sites excluding steroid dienone is 2. The van der Waals surface area contributed by atoms with Crippen LogP contribution in [0.25, 0.3) is 6.08 Å². The smallest absolute Gasteiger partial charge is 0.266 e. The standard InChI is InChI=1S/C20H18N2O/c1-15-7-6-10-19(13-15)22-20(23)18(14-21)12-16(2)11-17-8-4-3-5-9-17/h3-13H,1-2H3,(H,22,23)/b16-11+,18-12-. The maximum Gasteiger partial charge on any atom is 0.266 e. The first-order chi connectivity index (χ1) is 11.1. The van der Waals surface area contributed by atoms with Crippen LogP contribution in [0.2, 0.25) is 0 Å². The quantitative estimate of drug-likeness (QED) is 0.514. The summed E-state index contributed by atoms with van der Waals surface area (Å²) < 4.78 is 0. The molecular formula is C20H18N2O. The molecule has 23 heavy (non-hydrogen) atoms. The van der Waals surface area contributed by atoms with E-state index in [9.17, 15) is 10.1 Å². The summed E-state index contributed by atoms with van der Waals surface area (Å²) in [5.41, 5.74) is 3.67. The van der Waals surface area contributed by atoms with Crippen LogP contribution in [0.3, 0.4) is 0 Å². The molecule has 3 heteroatoms. The zero-order valence-electron chi connectivity index (χ0n) is 13.2. The first-order valence-corrected chi connectivity index (χ1v) is 7.31. The van der Waals surface area contributed by atoms with E-state index in [-0.39, 0.29) is 5.57 Å². The number of benzene rings is 2. The molecule has 0 aromatic heterocycles. The highest BCUT2D eigenvalue weighted by Crippen LogP contribution is 2.13. The van der Waals surface area contributed by atoms with Crippen LogP contribution in [0.15, 0.2) is 71.8 Å². The van der Waals surface area contributed by atoms with E-state index in [0.29, 0.717) is 5.69 Å². The Bertz CT molecular complexity index is 796. The van der Waals surface area contributed by atoms with Gasteiger partial charge >= 0.3 is 0 Å². The zero-order valence-corrected chi connectivity index (χ0v) is 13.2. The van der Waals surface area contributed by atoms with Gasteiger partial charge < -0.3 is 5.32 Å². The third-order valence-corrected chi connectivity index (χ3v) is 3.21. The van der Waals surface area contributed by atoms with Crippen molar-refractivity contribution >= 4 is 17.7 Å². The lowest BCUT2D eigenvalue weighted by Gasteiger charge is -2.05. The molecule has 0 radical (unpaired) electrons. The largest absolute Gasteiger partial charge is 0.321 e. The third kappa shape index (κ3) is 4.98. The van der Waals surface area contributed by atoms with Crippen LogP contribution in [0, 0.1) is 18.3 Å². The number of anilines is 1. The Morgan fingerprint density at radius 2 is 1.87 bits per heavy atom. The Morgan fingerprint density at radius 1 is 1.13 bits per heavy atom. The number of nitrogens with zero attached hydrogens (tertiary/aromatic N) is 1. The Balaban J connectivity index is 2.16. The molecule has 1 amide bonds. The number of nitrogens with one attached hydrogen (secondary N) is 1. The number of aryl methyl sites for hydroxylation is 1. The van der Waals surface area contributed by atoms with Gasteiger partial charge in [-0.2, -0.15) is 5.26 Å². The van der Waals surface area contributed by atoms with Crippen LogP contribution in [-0.2, 0) is 4.79 Å². The average molecular weight is 302 g/mol. The minimum Gasteiger partial charge on any atom is -0.321 e. The van der Waals surface area contributed by atoms with Gasteiger partial charge in [0.1, 0.15) is 11.6 Å². The van der Waals surface area contributed by atoms with Crippen LogP contribution in [0.5, 0.6) is 0 Å². The normalized spacial score (nSPS) is 11.7. The molecule has 0 spiro atoms. The molecule has 0 unspecified atom stereocenters. The maximum atomic E-state index is 12.2. The number of carbonyl (C=O) groups excluding carboxylic acids is 1. The minimum absolute atomic E-state index is 0.0798. The number of carbonyl (C=O) groups is 1. The van der Waals surface area contributed by atoms with Gasteiger partial charge in [0, 0.05) is 5.69 Å². The summed E-state index contributed by atoms with van der Waals surface area (Å²) in [5.74, 6) is -0.404. The monoisotopic (exact) mass is 302 g/mol. The van der Waals surface area contributed by atoms with Crippen LogP contribution < -0.4 is 5.32 Å². The van der Waals surface area contributed by atoms with Gasteiger partial charge in [0.15, 0.2) is 0 Å². The van der Waals surface area contributed by atoms with E-state index in [4.69, 9.17) is 0 Å². The first-order valence-electron chi connectivity index (χ1n) is 7.31. The number of amides is 1. The lowest BCUT2D eigenvalue weighted by atomic mass is 10.1. The highest BCUT2D eigenvalue weighted by Gasteiger charge is 2.09. The summed E-state index contributed by atoms with van der Waals surface area (Å²) in [7, 11) is 0. The summed E-state index contributed by atoms with van der Waals surface area (Å²) in [6, 6.07) is 19.2. The molecular weight excluding hydrogens is 284 g/mol. The molecule has 0 aliphatic heterocycles. The van der Waals surface area contributed by atoms with Crippen LogP contribution in [0.1, 0.15) is 18.1 Å². The fourth-order valence-electron chi connectivity index (χ4n) is 2.15. The predicted molar refractivity (Wildman–Crippen MR) is 93.6 cm³/mol. The molecule has 0 atom stereocenters. The van der Waals surface area contributed by atoms with Crippen molar-refractivity contribution in [3.63, 3.8) is 0 Å². The van der Waals surface area contributed by atoms with Crippen LogP contribution in [-0.4, -0.2) is 5.91 Å². The third-order valence-electron chi connectivity index (χ3n) is 3.21. The summed E-state index contributed by atoms with van der Waals surface area (Å²) in [6.45, 7) is 3.81. The highest BCUT2D eigenvalue weighted by atomic mass is 16.1. The number of hydrogen-bond donors (Lipinski definition) is 1. The van der Waals surface area contributed by atoms with Crippen molar-refractivity contribution in [3.05, 3.63) is 82.9 Å². The Labute approximate surface area is 136 Å². The topological polar surface area (TPSA) is 52.9 Å².